The van der Waals surface area contributed by atoms with E-state index < -0.39 is 18.8 Å². The molecule has 0 aliphatic heterocycles. The molecule has 1 unspecified atom stereocenters. The summed E-state index contributed by atoms with van der Waals surface area (Å²) in [6.07, 6.45) is -3.10. The van der Waals surface area contributed by atoms with Gasteiger partial charge in [0.1, 0.15) is 0 Å². The van der Waals surface area contributed by atoms with Crippen molar-refractivity contribution in [2.75, 3.05) is 6.61 Å². The normalized spacial score (nSPS) is 12.4. The minimum Gasteiger partial charge on any atom is -0.468 e. The molecule has 10 heteroatoms. The average molecular weight is 422 g/mol. The molecule has 2 N–H and O–H groups in total. The monoisotopic (exact) mass is 421 g/mol. The number of hydrogen-bond donors (Lipinski definition) is 2. The second-order valence-corrected chi connectivity index (χ2v) is 6.47. The van der Waals surface area contributed by atoms with Crippen LogP contribution in [-0.2, 0) is 6.54 Å². The van der Waals surface area contributed by atoms with Gasteiger partial charge in [0.15, 0.2) is 6.61 Å². The molecule has 0 spiro atoms. The lowest BCUT2D eigenvalue weighted by Gasteiger charge is -2.16. The highest BCUT2D eigenvalue weighted by Crippen LogP contribution is 2.26. The number of hydrogen-bond acceptors (Lipinski definition) is 3. The third-order valence-corrected chi connectivity index (χ3v) is 3.97. The van der Waals surface area contributed by atoms with Gasteiger partial charge in [0.05, 0.1) is 6.04 Å². The van der Waals surface area contributed by atoms with Crippen molar-refractivity contribution in [3.05, 3.63) is 57.7 Å². The Labute approximate surface area is 163 Å². The molecule has 2 aromatic rings. The predicted octanol–water partition coefficient (Wildman–Crippen LogP) is 4.89. The summed E-state index contributed by atoms with van der Waals surface area (Å²) in [6.45, 7) is 0.494. The Hall–Kier alpha value is -2.19. The Morgan fingerprint density at radius 3 is 2.59 bits per heavy atom. The van der Waals surface area contributed by atoms with Gasteiger partial charge in [-0.15, -0.1) is 0 Å². The molecule has 0 saturated carbocycles. The summed E-state index contributed by atoms with van der Waals surface area (Å²) in [4.78, 5) is 15.8. The van der Waals surface area contributed by atoms with E-state index in [0.29, 0.717) is 21.2 Å². The van der Waals surface area contributed by atoms with Crippen LogP contribution < -0.4 is 15.4 Å². The number of aromatic nitrogens is 1. The van der Waals surface area contributed by atoms with Gasteiger partial charge in [-0.05, 0) is 30.2 Å². The summed E-state index contributed by atoms with van der Waals surface area (Å²) < 4.78 is 40.8. The Kier molecular flexibility index (Phi) is 7.15. The maximum atomic E-state index is 12.1. The number of nitrogens with one attached hydrogen (secondary N) is 2. The number of benzene rings is 1. The van der Waals surface area contributed by atoms with E-state index >= 15 is 0 Å². The molecular formula is C17H16Cl2F3N3O2. The highest BCUT2D eigenvalue weighted by Gasteiger charge is 2.28. The van der Waals surface area contributed by atoms with Gasteiger partial charge in [0.2, 0.25) is 5.88 Å². The largest absolute Gasteiger partial charge is 0.468 e. The molecule has 1 aromatic heterocycles. The van der Waals surface area contributed by atoms with E-state index in [9.17, 15) is 18.0 Å². The van der Waals surface area contributed by atoms with E-state index in [1.165, 1.54) is 18.3 Å². The SMILES string of the molecule is CC(NC(=O)NCc1ccc(OCC(F)(F)F)nc1)c1ccc(Cl)cc1Cl. The molecule has 5 nitrogen and oxygen atoms in total. The minimum absolute atomic E-state index is 0.138. The van der Waals surface area contributed by atoms with Crippen molar-refractivity contribution in [2.24, 2.45) is 0 Å². The molecule has 0 aliphatic carbocycles. The lowest BCUT2D eigenvalue weighted by Crippen LogP contribution is -2.36. The molecule has 0 fully saturated rings. The van der Waals surface area contributed by atoms with E-state index in [0.717, 1.165) is 0 Å². The van der Waals surface area contributed by atoms with Gasteiger partial charge in [-0.2, -0.15) is 13.2 Å². The number of alkyl halides is 3. The van der Waals surface area contributed by atoms with Crippen molar-refractivity contribution < 1.29 is 22.7 Å². The second-order valence-electron chi connectivity index (χ2n) is 5.62. The summed E-state index contributed by atoms with van der Waals surface area (Å²) in [5.41, 5.74) is 1.31. The molecule has 2 rings (SSSR count). The van der Waals surface area contributed by atoms with E-state index in [-0.39, 0.29) is 18.5 Å². The summed E-state index contributed by atoms with van der Waals surface area (Å²) in [5.74, 6) is -0.147. The Balaban J connectivity index is 1.82. The molecule has 27 heavy (non-hydrogen) atoms. The van der Waals surface area contributed by atoms with Gasteiger partial charge < -0.3 is 15.4 Å². The van der Waals surface area contributed by atoms with E-state index in [1.54, 1.807) is 25.1 Å². The number of nitrogens with zero attached hydrogens (tertiary/aromatic N) is 1. The van der Waals surface area contributed by atoms with Crippen LogP contribution in [0.3, 0.4) is 0 Å². The van der Waals surface area contributed by atoms with Crippen LogP contribution in [0, 0.1) is 0 Å². The topological polar surface area (TPSA) is 63.2 Å². The zero-order valence-electron chi connectivity index (χ0n) is 14.1. The van der Waals surface area contributed by atoms with Gasteiger partial charge in [0.25, 0.3) is 0 Å². The number of pyridine rings is 1. The first kappa shape index (κ1) is 21.1. The number of amides is 2. The van der Waals surface area contributed by atoms with Crippen molar-refractivity contribution in [1.29, 1.82) is 0 Å². The number of halogens is 5. The third-order valence-electron chi connectivity index (χ3n) is 3.41. The fourth-order valence-electron chi connectivity index (χ4n) is 2.12. The summed E-state index contributed by atoms with van der Waals surface area (Å²) in [5, 5.41) is 6.29. The summed E-state index contributed by atoms with van der Waals surface area (Å²) in [7, 11) is 0. The molecule has 2 amide bonds. The van der Waals surface area contributed by atoms with Crippen molar-refractivity contribution in [3.63, 3.8) is 0 Å². The third kappa shape index (κ3) is 7.15. The van der Waals surface area contributed by atoms with Crippen molar-refractivity contribution in [3.8, 4) is 5.88 Å². The zero-order valence-corrected chi connectivity index (χ0v) is 15.6. The molecular weight excluding hydrogens is 406 g/mol. The molecule has 0 aliphatic rings. The maximum absolute atomic E-state index is 12.1. The number of rotatable bonds is 6. The van der Waals surface area contributed by atoms with Gasteiger partial charge in [-0.3, -0.25) is 0 Å². The van der Waals surface area contributed by atoms with E-state index in [1.807, 2.05) is 0 Å². The fourth-order valence-corrected chi connectivity index (χ4v) is 2.69. The van der Waals surface area contributed by atoms with Crippen molar-refractivity contribution in [1.82, 2.24) is 15.6 Å². The van der Waals surface area contributed by atoms with Crippen LogP contribution in [0.15, 0.2) is 36.5 Å². The van der Waals surface area contributed by atoms with Gasteiger partial charge in [-0.25, -0.2) is 9.78 Å². The summed E-state index contributed by atoms with van der Waals surface area (Å²) >= 11 is 11.9. The van der Waals surface area contributed by atoms with Crippen LogP contribution in [0.1, 0.15) is 24.1 Å². The Bertz CT molecular complexity index is 786. The minimum atomic E-state index is -4.43. The fraction of sp³-hybridized carbons (Fsp3) is 0.294. The summed E-state index contributed by atoms with van der Waals surface area (Å²) in [6, 6.07) is 7.00. The number of urea groups is 1. The Morgan fingerprint density at radius 1 is 1.26 bits per heavy atom. The molecule has 1 aromatic carbocycles. The molecule has 0 saturated heterocycles. The van der Waals surface area contributed by atoms with Gasteiger partial charge in [-0.1, -0.05) is 35.3 Å². The first-order chi connectivity index (χ1) is 12.6. The lowest BCUT2D eigenvalue weighted by molar-refractivity contribution is -0.154. The molecule has 0 bridgehead atoms. The first-order valence-electron chi connectivity index (χ1n) is 7.78. The van der Waals surface area contributed by atoms with Crippen molar-refractivity contribution >= 4 is 29.2 Å². The zero-order chi connectivity index (χ0) is 20.0. The van der Waals surface area contributed by atoms with Crippen LogP contribution in [-0.4, -0.2) is 23.8 Å². The van der Waals surface area contributed by atoms with Crippen LogP contribution in [0.25, 0.3) is 0 Å². The molecule has 146 valence electrons. The Morgan fingerprint density at radius 2 is 2.00 bits per heavy atom. The first-order valence-corrected chi connectivity index (χ1v) is 8.53. The number of carbonyl (C=O) groups is 1. The van der Waals surface area contributed by atoms with Gasteiger partial charge >= 0.3 is 12.2 Å². The average Bonchev–Trinajstić information content (AvgIpc) is 2.58. The van der Waals surface area contributed by atoms with Crippen molar-refractivity contribution in [2.45, 2.75) is 25.7 Å². The second kappa shape index (κ2) is 9.14. The smallest absolute Gasteiger partial charge is 0.422 e. The van der Waals surface area contributed by atoms with Crippen LogP contribution in [0.5, 0.6) is 5.88 Å². The molecule has 1 atom stereocenters. The highest BCUT2D eigenvalue weighted by molar-refractivity contribution is 6.35. The standard InChI is InChI=1S/C17H16Cl2F3N3O2/c1-10(13-4-3-12(18)6-14(13)19)25-16(26)24-8-11-2-5-15(23-7-11)27-9-17(20,21)22/h2-7,10H,8-9H2,1H3,(H2,24,25,26). The maximum Gasteiger partial charge on any atom is 0.422 e. The van der Waals surface area contributed by atoms with Crippen LogP contribution in [0.2, 0.25) is 10.0 Å². The number of ether oxygens (including phenoxy) is 1. The number of carbonyl (C=O) groups excluding carboxylic acids is 1. The van der Waals surface area contributed by atoms with E-state index in [2.05, 4.69) is 20.4 Å². The lowest BCUT2D eigenvalue weighted by atomic mass is 10.1. The predicted molar refractivity (Wildman–Crippen MR) is 96.0 cm³/mol. The van der Waals surface area contributed by atoms with E-state index in [4.69, 9.17) is 23.2 Å². The van der Waals surface area contributed by atoms with Crippen LogP contribution in [0.4, 0.5) is 18.0 Å². The molecule has 1 heterocycles. The van der Waals surface area contributed by atoms with Crippen LogP contribution >= 0.6 is 23.2 Å². The quantitative estimate of drug-likeness (QED) is 0.697. The van der Waals surface area contributed by atoms with Gasteiger partial charge in [0, 0.05) is 28.9 Å². The molecule has 0 radical (unpaired) electrons. The highest BCUT2D eigenvalue weighted by atomic mass is 35.5.